The molecule has 1 aromatic rings. The fourth-order valence-corrected chi connectivity index (χ4v) is 2.55. The highest BCUT2D eigenvalue weighted by Gasteiger charge is 2.09. The van der Waals surface area contributed by atoms with E-state index in [1.807, 2.05) is 0 Å². The van der Waals surface area contributed by atoms with E-state index in [4.69, 9.17) is 9.47 Å². The van der Waals surface area contributed by atoms with Gasteiger partial charge in [-0.15, -0.1) is 0 Å². The Kier molecular flexibility index (Phi) is 7.25. The number of rotatable bonds is 10. The van der Waals surface area contributed by atoms with Gasteiger partial charge >= 0.3 is 0 Å². The molecule has 0 fully saturated rings. The van der Waals surface area contributed by atoms with Crippen molar-refractivity contribution in [1.82, 2.24) is 5.32 Å². The molecule has 4 heteroatoms. The largest absolute Gasteiger partial charge is 0.491 e. The molecule has 0 amide bonds. The highest BCUT2D eigenvalue weighted by atomic mass is 16.5. The second-order valence-electron chi connectivity index (χ2n) is 5.30. The van der Waals surface area contributed by atoms with Crippen molar-refractivity contribution in [2.24, 2.45) is 0 Å². The molecule has 1 aliphatic rings. The zero-order valence-corrected chi connectivity index (χ0v) is 12.6. The third-order valence-corrected chi connectivity index (χ3v) is 3.68. The molecule has 116 valence electrons. The smallest absolute Gasteiger partial charge is 0.121 e. The lowest BCUT2D eigenvalue weighted by molar-refractivity contribution is -0.107. The van der Waals surface area contributed by atoms with Crippen molar-refractivity contribution in [3.05, 3.63) is 29.3 Å². The second-order valence-corrected chi connectivity index (χ2v) is 5.30. The lowest BCUT2D eigenvalue weighted by Crippen LogP contribution is -2.22. The van der Waals surface area contributed by atoms with E-state index in [0.717, 1.165) is 25.1 Å². The number of carbonyl (C=O) groups excluding carboxylic acids is 1. The average Bonchev–Trinajstić information content (AvgIpc) is 2.53. The monoisotopic (exact) mass is 291 g/mol. The Bertz CT molecular complexity index is 434. The van der Waals surface area contributed by atoms with Crippen LogP contribution in [0.5, 0.6) is 5.75 Å². The quantitative estimate of drug-likeness (QED) is 0.530. The van der Waals surface area contributed by atoms with E-state index in [-0.39, 0.29) is 0 Å². The van der Waals surface area contributed by atoms with Crippen LogP contribution in [0.4, 0.5) is 0 Å². The zero-order valence-electron chi connectivity index (χ0n) is 12.6. The van der Waals surface area contributed by atoms with Crippen LogP contribution in [0, 0.1) is 0 Å². The van der Waals surface area contributed by atoms with Crippen LogP contribution in [0.1, 0.15) is 30.4 Å². The van der Waals surface area contributed by atoms with Crippen molar-refractivity contribution >= 4 is 6.29 Å². The van der Waals surface area contributed by atoms with Gasteiger partial charge in [0.05, 0.1) is 13.2 Å². The molecule has 1 aromatic carbocycles. The molecule has 4 nitrogen and oxygen atoms in total. The Morgan fingerprint density at radius 2 is 1.90 bits per heavy atom. The molecule has 0 heterocycles. The van der Waals surface area contributed by atoms with Crippen LogP contribution in [0.15, 0.2) is 18.2 Å². The van der Waals surface area contributed by atoms with E-state index >= 15 is 0 Å². The molecule has 0 aliphatic heterocycles. The summed E-state index contributed by atoms with van der Waals surface area (Å²) < 4.78 is 11.2. The molecule has 0 saturated heterocycles. The minimum Gasteiger partial charge on any atom is -0.491 e. The van der Waals surface area contributed by atoms with E-state index in [0.29, 0.717) is 26.2 Å². The van der Waals surface area contributed by atoms with Crippen LogP contribution in [0.2, 0.25) is 0 Å². The first kappa shape index (κ1) is 16.0. The van der Waals surface area contributed by atoms with Gasteiger partial charge < -0.3 is 19.6 Å². The summed E-state index contributed by atoms with van der Waals surface area (Å²) in [7, 11) is 0. The van der Waals surface area contributed by atoms with Crippen LogP contribution in [-0.2, 0) is 22.4 Å². The first-order valence-electron chi connectivity index (χ1n) is 7.87. The standard InChI is InChI=1S/C17H25NO3/c19-10-3-8-18-9-11-20-12-13-21-17-7-6-15-4-1-2-5-16(15)14-17/h6-7,10,14,18H,1-5,8-9,11-13H2. The summed E-state index contributed by atoms with van der Waals surface area (Å²) in [4.78, 5) is 10.1. The number of nitrogens with one attached hydrogen (secondary N) is 1. The second kappa shape index (κ2) is 9.53. The maximum atomic E-state index is 10.1. The van der Waals surface area contributed by atoms with Crippen LogP contribution in [0.25, 0.3) is 0 Å². The van der Waals surface area contributed by atoms with Crippen molar-refractivity contribution in [2.45, 2.75) is 32.1 Å². The number of fused-ring (bicyclic) bond motifs is 1. The number of aldehydes is 1. The maximum absolute atomic E-state index is 10.1. The molecule has 1 N–H and O–H groups in total. The van der Waals surface area contributed by atoms with E-state index in [1.165, 1.54) is 36.8 Å². The highest BCUT2D eigenvalue weighted by molar-refractivity contribution is 5.49. The van der Waals surface area contributed by atoms with Gasteiger partial charge in [-0.05, 0) is 48.9 Å². The van der Waals surface area contributed by atoms with Gasteiger partial charge in [0.2, 0.25) is 0 Å². The summed E-state index contributed by atoms with van der Waals surface area (Å²) in [6, 6.07) is 6.43. The summed E-state index contributed by atoms with van der Waals surface area (Å²) >= 11 is 0. The molecule has 21 heavy (non-hydrogen) atoms. The number of aryl methyl sites for hydroxylation is 2. The summed E-state index contributed by atoms with van der Waals surface area (Å²) in [5.41, 5.74) is 2.92. The van der Waals surface area contributed by atoms with Crippen LogP contribution in [-0.4, -0.2) is 39.2 Å². The maximum Gasteiger partial charge on any atom is 0.121 e. The van der Waals surface area contributed by atoms with E-state index < -0.39 is 0 Å². The van der Waals surface area contributed by atoms with Gasteiger partial charge in [-0.2, -0.15) is 0 Å². The van der Waals surface area contributed by atoms with Gasteiger partial charge in [0.1, 0.15) is 18.6 Å². The van der Waals surface area contributed by atoms with Crippen LogP contribution < -0.4 is 10.1 Å². The summed E-state index contributed by atoms with van der Waals surface area (Å²) in [6.07, 6.45) is 6.45. The van der Waals surface area contributed by atoms with Crippen LogP contribution >= 0.6 is 0 Å². The Morgan fingerprint density at radius 3 is 2.76 bits per heavy atom. The summed E-state index contributed by atoms with van der Waals surface area (Å²) in [5, 5.41) is 3.13. The minimum atomic E-state index is 0.557. The molecule has 0 aromatic heterocycles. The molecular formula is C17H25NO3. The number of carbonyl (C=O) groups is 1. The van der Waals surface area contributed by atoms with Gasteiger partial charge in [-0.3, -0.25) is 0 Å². The molecule has 0 unspecified atom stereocenters. The predicted molar refractivity (Wildman–Crippen MR) is 82.9 cm³/mol. The van der Waals surface area contributed by atoms with Gasteiger partial charge in [0.25, 0.3) is 0 Å². The Morgan fingerprint density at radius 1 is 1.05 bits per heavy atom. The molecule has 0 atom stereocenters. The van der Waals surface area contributed by atoms with Gasteiger partial charge in [0.15, 0.2) is 0 Å². The lowest BCUT2D eigenvalue weighted by atomic mass is 9.92. The van der Waals surface area contributed by atoms with Crippen molar-refractivity contribution in [3.63, 3.8) is 0 Å². The third kappa shape index (κ3) is 5.86. The molecule has 0 radical (unpaired) electrons. The number of benzene rings is 1. The number of hydrogen-bond acceptors (Lipinski definition) is 4. The first-order valence-corrected chi connectivity index (χ1v) is 7.87. The van der Waals surface area contributed by atoms with E-state index in [9.17, 15) is 4.79 Å². The van der Waals surface area contributed by atoms with Crippen LogP contribution in [0.3, 0.4) is 0 Å². The topological polar surface area (TPSA) is 47.6 Å². The molecule has 0 bridgehead atoms. The molecule has 1 aliphatic carbocycles. The summed E-state index contributed by atoms with van der Waals surface area (Å²) in [5.74, 6) is 0.948. The molecule has 0 saturated carbocycles. The van der Waals surface area contributed by atoms with E-state index in [2.05, 4.69) is 23.5 Å². The Hall–Kier alpha value is -1.39. The molecule has 0 spiro atoms. The number of ether oxygens (including phenoxy) is 2. The normalized spacial score (nSPS) is 13.7. The minimum absolute atomic E-state index is 0.557. The number of hydrogen-bond donors (Lipinski definition) is 1. The lowest BCUT2D eigenvalue weighted by Gasteiger charge is -2.16. The van der Waals surface area contributed by atoms with Gasteiger partial charge in [0, 0.05) is 19.5 Å². The zero-order chi connectivity index (χ0) is 14.8. The van der Waals surface area contributed by atoms with Gasteiger partial charge in [-0.25, -0.2) is 0 Å². The van der Waals surface area contributed by atoms with Gasteiger partial charge in [-0.1, -0.05) is 6.07 Å². The van der Waals surface area contributed by atoms with E-state index in [1.54, 1.807) is 0 Å². The third-order valence-electron chi connectivity index (χ3n) is 3.68. The SMILES string of the molecule is O=CCCNCCOCCOc1ccc2c(c1)CCCC2. The van der Waals surface area contributed by atoms with Crippen molar-refractivity contribution < 1.29 is 14.3 Å². The fourth-order valence-electron chi connectivity index (χ4n) is 2.55. The fraction of sp³-hybridized carbons (Fsp3) is 0.588. The molecule has 2 rings (SSSR count). The molecular weight excluding hydrogens is 266 g/mol. The predicted octanol–water partition coefficient (Wildman–Crippen LogP) is 2.14. The Labute approximate surface area is 126 Å². The van der Waals surface area contributed by atoms with Crippen molar-refractivity contribution in [1.29, 1.82) is 0 Å². The van der Waals surface area contributed by atoms with Crippen molar-refractivity contribution in [2.75, 3.05) is 32.9 Å². The first-order chi connectivity index (χ1) is 10.4. The Balaban J connectivity index is 1.55. The summed E-state index contributed by atoms with van der Waals surface area (Å²) in [6.45, 7) is 3.30. The average molecular weight is 291 g/mol. The van der Waals surface area contributed by atoms with Crippen molar-refractivity contribution in [3.8, 4) is 5.75 Å². The highest BCUT2D eigenvalue weighted by Crippen LogP contribution is 2.25.